The molecule has 0 amide bonds. The predicted octanol–water partition coefficient (Wildman–Crippen LogP) is 3.48. The Bertz CT molecular complexity index is 467. The van der Waals surface area contributed by atoms with Gasteiger partial charge in [-0.2, -0.15) is 0 Å². The summed E-state index contributed by atoms with van der Waals surface area (Å²) in [5.74, 6) is 0.974. The minimum Gasteiger partial charge on any atom is -0.496 e. The highest BCUT2D eigenvalue weighted by Crippen LogP contribution is 2.19. The molecule has 0 spiro atoms. The molecule has 0 aliphatic heterocycles. The lowest BCUT2D eigenvalue weighted by molar-refractivity contribution is 0.406. The Balaban J connectivity index is 1.88. The van der Waals surface area contributed by atoms with Crippen LogP contribution in [0, 0.1) is 0 Å². The van der Waals surface area contributed by atoms with E-state index >= 15 is 0 Å². The number of hydrogen-bond donors (Lipinski definition) is 1. The number of para-hydroxylation sites is 1. The van der Waals surface area contributed by atoms with Crippen LogP contribution < -0.4 is 10.1 Å². The third-order valence-corrected chi connectivity index (χ3v) is 3.80. The highest BCUT2D eigenvalue weighted by molar-refractivity contribution is 7.09. The summed E-state index contributed by atoms with van der Waals surface area (Å²) in [6.07, 6.45) is 0.982. The number of ether oxygens (including phenoxy) is 1. The molecule has 0 aliphatic carbocycles. The quantitative estimate of drug-likeness (QED) is 0.859. The monoisotopic (exact) mass is 261 g/mol. The molecule has 2 nitrogen and oxygen atoms in total. The van der Waals surface area contributed by atoms with Crippen molar-refractivity contribution in [1.82, 2.24) is 5.32 Å². The molecular formula is C15H19NOS. The topological polar surface area (TPSA) is 21.3 Å². The fourth-order valence-electron chi connectivity index (χ4n) is 1.96. The van der Waals surface area contributed by atoms with Crippen molar-refractivity contribution in [3.63, 3.8) is 0 Å². The molecule has 18 heavy (non-hydrogen) atoms. The lowest BCUT2D eigenvalue weighted by Crippen LogP contribution is -2.27. The normalized spacial score (nSPS) is 12.3. The van der Waals surface area contributed by atoms with Gasteiger partial charge in [0.1, 0.15) is 5.75 Å². The number of hydrogen-bond acceptors (Lipinski definition) is 3. The first kappa shape index (κ1) is 13.1. The molecule has 0 saturated heterocycles. The maximum absolute atomic E-state index is 5.37. The number of benzene rings is 1. The Morgan fingerprint density at radius 2 is 2.06 bits per heavy atom. The third kappa shape index (κ3) is 3.59. The van der Waals surface area contributed by atoms with Crippen LogP contribution in [0.5, 0.6) is 5.75 Å². The molecule has 3 heteroatoms. The van der Waals surface area contributed by atoms with Crippen molar-refractivity contribution >= 4 is 11.3 Å². The molecule has 1 aromatic carbocycles. The van der Waals surface area contributed by atoms with E-state index in [0.29, 0.717) is 6.04 Å². The highest BCUT2D eigenvalue weighted by atomic mass is 32.1. The van der Waals surface area contributed by atoms with Crippen LogP contribution >= 0.6 is 11.3 Å². The van der Waals surface area contributed by atoms with E-state index < -0.39 is 0 Å². The van der Waals surface area contributed by atoms with Gasteiger partial charge in [0.2, 0.25) is 0 Å². The van der Waals surface area contributed by atoms with Gasteiger partial charge in [0, 0.05) is 17.5 Å². The summed E-state index contributed by atoms with van der Waals surface area (Å²) in [6, 6.07) is 12.9. The van der Waals surface area contributed by atoms with Crippen LogP contribution in [0.2, 0.25) is 0 Å². The molecule has 2 rings (SSSR count). The van der Waals surface area contributed by atoms with Gasteiger partial charge in [-0.05, 0) is 36.4 Å². The van der Waals surface area contributed by atoms with Crippen LogP contribution in [0.1, 0.15) is 17.4 Å². The highest BCUT2D eigenvalue weighted by Gasteiger charge is 2.07. The van der Waals surface area contributed by atoms with Crippen molar-refractivity contribution in [2.24, 2.45) is 0 Å². The fourth-order valence-corrected chi connectivity index (χ4v) is 2.62. The van der Waals surface area contributed by atoms with Gasteiger partial charge in [0.05, 0.1) is 7.11 Å². The Labute approximate surface area is 113 Å². The van der Waals surface area contributed by atoms with E-state index in [1.165, 1.54) is 10.4 Å². The Morgan fingerprint density at radius 1 is 1.22 bits per heavy atom. The molecular weight excluding hydrogens is 242 g/mol. The molecule has 0 bridgehead atoms. The van der Waals surface area contributed by atoms with Crippen molar-refractivity contribution in [3.05, 3.63) is 52.2 Å². The average Bonchev–Trinajstić information content (AvgIpc) is 2.90. The summed E-state index contributed by atoms with van der Waals surface area (Å²) in [5, 5.41) is 5.65. The van der Waals surface area contributed by atoms with Crippen molar-refractivity contribution < 1.29 is 4.74 Å². The fraction of sp³-hybridized carbons (Fsp3) is 0.333. The van der Waals surface area contributed by atoms with Crippen LogP contribution in [-0.4, -0.2) is 13.2 Å². The second kappa shape index (κ2) is 6.57. The largest absolute Gasteiger partial charge is 0.496 e. The number of nitrogens with one attached hydrogen (secondary N) is 1. The van der Waals surface area contributed by atoms with Gasteiger partial charge in [0.25, 0.3) is 0 Å². The lowest BCUT2D eigenvalue weighted by Gasteiger charge is -2.15. The van der Waals surface area contributed by atoms with Crippen LogP contribution in [-0.2, 0) is 13.0 Å². The van der Waals surface area contributed by atoms with E-state index in [2.05, 4.69) is 41.9 Å². The van der Waals surface area contributed by atoms with Crippen LogP contribution in [0.25, 0.3) is 0 Å². The lowest BCUT2D eigenvalue weighted by atomic mass is 10.1. The maximum Gasteiger partial charge on any atom is 0.122 e. The Hall–Kier alpha value is -1.32. The molecule has 1 unspecified atom stereocenters. The van der Waals surface area contributed by atoms with Crippen LogP contribution in [0.3, 0.4) is 0 Å². The zero-order valence-electron chi connectivity index (χ0n) is 10.8. The van der Waals surface area contributed by atoms with Crippen LogP contribution in [0.15, 0.2) is 41.8 Å². The van der Waals surface area contributed by atoms with E-state index in [0.717, 1.165) is 18.7 Å². The first-order chi connectivity index (χ1) is 8.79. The predicted molar refractivity (Wildman–Crippen MR) is 77.3 cm³/mol. The summed E-state index contributed by atoms with van der Waals surface area (Å²) >= 11 is 1.79. The van der Waals surface area contributed by atoms with Crippen LogP contribution in [0.4, 0.5) is 0 Å². The van der Waals surface area contributed by atoms with Gasteiger partial charge in [-0.1, -0.05) is 24.3 Å². The smallest absolute Gasteiger partial charge is 0.122 e. The first-order valence-corrected chi connectivity index (χ1v) is 7.05. The summed E-state index contributed by atoms with van der Waals surface area (Å²) < 4.78 is 5.37. The Morgan fingerprint density at radius 3 is 2.78 bits per heavy atom. The van der Waals surface area contributed by atoms with E-state index in [4.69, 9.17) is 4.74 Å². The molecule has 2 aromatic rings. The zero-order chi connectivity index (χ0) is 12.8. The minimum atomic E-state index is 0.434. The molecule has 1 atom stereocenters. The number of methoxy groups -OCH3 is 1. The van der Waals surface area contributed by atoms with Crippen molar-refractivity contribution in [3.8, 4) is 5.75 Å². The summed E-state index contributed by atoms with van der Waals surface area (Å²) in [6.45, 7) is 3.15. The molecule has 1 heterocycles. The molecule has 1 aromatic heterocycles. The second-order valence-electron chi connectivity index (χ2n) is 4.38. The van der Waals surface area contributed by atoms with Crippen molar-refractivity contribution in [2.75, 3.05) is 7.11 Å². The molecule has 0 fully saturated rings. The maximum atomic E-state index is 5.37. The minimum absolute atomic E-state index is 0.434. The van der Waals surface area contributed by atoms with Crippen molar-refractivity contribution in [2.45, 2.75) is 25.9 Å². The van der Waals surface area contributed by atoms with Gasteiger partial charge >= 0.3 is 0 Å². The molecule has 0 radical (unpaired) electrons. The zero-order valence-corrected chi connectivity index (χ0v) is 11.7. The van der Waals surface area contributed by atoms with E-state index in [1.54, 1.807) is 18.4 Å². The summed E-state index contributed by atoms with van der Waals surface area (Å²) in [4.78, 5) is 1.38. The van der Waals surface area contributed by atoms with Gasteiger partial charge < -0.3 is 10.1 Å². The van der Waals surface area contributed by atoms with Gasteiger partial charge in [-0.25, -0.2) is 0 Å². The van der Waals surface area contributed by atoms with Gasteiger partial charge in [0.15, 0.2) is 0 Å². The average molecular weight is 261 g/mol. The number of thiophene rings is 1. The van der Waals surface area contributed by atoms with Gasteiger partial charge in [-0.15, -0.1) is 11.3 Å². The first-order valence-electron chi connectivity index (χ1n) is 6.17. The molecule has 96 valence electrons. The molecule has 1 N–H and O–H groups in total. The van der Waals surface area contributed by atoms with Gasteiger partial charge in [-0.3, -0.25) is 0 Å². The molecule has 0 saturated carbocycles. The third-order valence-electron chi connectivity index (χ3n) is 2.92. The van der Waals surface area contributed by atoms with E-state index in [1.807, 2.05) is 12.1 Å². The summed E-state index contributed by atoms with van der Waals surface area (Å²) in [5.41, 5.74) is 1.26. The van der Waals surface area contributed by atoms with Crippen molar-refractivity contribution in [1.29, 1.82) is 0 Å². The standard InChI is InChI=1S/C15H19NOS/c1-12(16-11-14-7-5-9-18-14)10-13-6-3-4-8-15(13)17-2/h3-9,12,16H,10-11H2,1-2H3. The number of rotatable bonds is 6. The second-order valence-corrected chi connectivity index (χ2v) is 5.41. The SMILES string of the molecule is COc1ccccc1CC(C)NCc1cccs1. The summed E-state index contributed by atoms with van der Waals surface area (Å²) in [7, 11) is 1.72. The van der Waals surface area contributed by atoms with E-state index in [9.17, 15) is 0 Å². The molecule has 0 aliphatic rings. The van der Waals surface area contributed by atoms with E-state index in [-0.39, 0.29) is 0 Å². The Kier molecular flexibility index (Phi) is 4.79.